The van der Waals surface area contributed by atoms with Crippen LogP contribution in [0.25, 0.3) is 6.08 Å². The van der Waals surface area contributed by atoms with Gasteiger partial charge in [0.15, 0.2) is 11.5 Å². The Bertz CT molecular complexity index is 472. The number of carbonyl (C=O) groups is 1. The second kappa shape index (κ2) is 8.19. The zero-order chi connectivity index (χ0) is 15.0. The van der Waals surface area contributed by atoms with E-state index in [9.17, 15) is 4.79 Å². The van der Waals surface area contributed by atoms with Crippen molar-refractivity contribution in [2.45, 2.75) is 13.0 Å². The molecule has 0 bridgehead atoms. The molecule has 3 N–H and O–H groups in total. The monoisotopic (exact) mass is 280 g/mol. The lowest BCUT2D eigenvalue weighted by molar-refractivity contribution is -0.128. The van der Waals surface area contributed by atoms with Crippen molar-refractivity contribution >= 4 is 12.0 Å². The van der Waals surface area contributed by atoms with Crippen LogP contribution in [0.5, 0.6) is 11.5 Å². The predicted octanol–water partition coefficient (Wildman–Crippen LogP) is 1.11. The fourth-order valence-corrected chi connectivity index (χ4v) is 1.41. The van der Waals surface area contributed by atoms with Crippen LogP contribution in [0.1, 0.15) is 12.5 Å². The van der Waals surface area contributed by atoms with Gasteiger partial charge in [0, 0.05) is 12.1 Å². The molecule has 1 rings (SSSR count). The van der Waals surface area contributed by atoms with Gasteiger partial charge in [-0.3, -0.25) is 9.63 Å². The Labute approximate surface area is 118 Å². The summed E-state index contributed by atoms with van der Waals surface area (Å²) >= 11 is 0. The summed E-state index contributed by atoms with van der Waals surface area (Å²) in [6, 6.07) is 5.22. The number of methoxy groups -OCH3 is 2. The molecular formula is C14H20N2O4. The summed E-state index contributed by atoms with van der Waals surface area (Å²) < 4.78 is 10.3. The summed E-state index contributed by atoms with van der Waals surface area (Å²) in [6.45, 7) is 2.04. The summed E-state index contributed by atoms with van der Waals surface area (Å²) in [7, 11) is 3.12. The van der Waals surface area contributed by atoms with E-state index < -0.39 is 0 Å². The van der Waals surface area contributed by atoms with Crippen LogP contribution < -0.4 is 20.7 Å². The Balaban J connectivity index is 2.59. The first-order chi connectivity index (χ1) is 9.56. The molecular weight excluding hydrogens is 260 g/mol. The number of hydroxylamine groups is 1. The molecule has 6 nitrogen and oxygen atoms in total. The standard InChI is InChI=1S/C14H20N2O4/c1-10(15)9-20-16-14(17)7-5-11-4-6-12(18-2)13(8-11)19-3/h4-8,10H,9,15H2,1-3H3,(H,16,17). The highest BCUT2D eigenvalue weighted by Gasteiger charge is 2.03. The summed E-state index contributed by atoms with van der Waals surface area (Å²) in [6.07, 6.45) is 3.01. The first-order valence-electron chi connectivity index (χ1n) is 6.14. The zero-order valence-corrected chi connectivity index (χ0v) is 11.9. The second-order valence-electron chi connectivity index (χ2n) is 4.20. The molecule has 0 heterocycles. The maximum Gasteiger partial charge on any atom is 0.267 e. The average Bonchev–Trinajstić information content (AvgIpc) is 2.44. The number of ether oxygens (including phenoxy) is 2. The molecule has 110 valence electrons. The van der Waals surface area contributed by atoms with Crippen LogP contribution in [0, 0.1) is 0 Å². The van der Waals surface area contributed by atoms with E-state index in [1.807, 2.05) is 6.07 Å². The first kappa shape index (κ1) is 16.0. The van der Waals surface area contributed by atoms with Crippen molar-refractivity contribution in [3.8, 4) is 11.5 Å². The third-order valence-corrected chi connectivity index (χ3v) is 2.35. The minimum atomic E-state index is -0.361. The molecule has 6 heteroatoms. The average molecular weight is 280 g/mol. The van der Waals surface area contributed by atoms with Crippen LogP contribution >= 0.6 is 0 Å². The van der Waals surface area contributed by atoms with Gasteiger partial charge in [-0.05, 0) is 30.7 Å². The summed E-state index contributed by atoms with van der Waals surface area (Å²) in [5.74, 6) is 0.873. The fourth-order valence-electron chi connectivity index (χ4n) is 1.41. The van der Waals surface area contributed by atoms with Crippen molar-refractivity contribution in [1.82, 2.24) is 5.48 Å². The third kappa shape index (κ3) is 5.29. The van der Waals surface area contributed by atoms with Gasteiger partial charge in [0.05, 0.1) is 20.8 Å². The van der Waals surface area contributed by atoms with Gasteiger partial charge in [-0.1, -0.05) is 6.07 Å². The van der Waals surface area contributed by atoms with E-state index >= 15 is 0 Å². The number of nitrogens with two attached hydrogens (primary N) is 1. The van der Waals surface area contributed by atoms with Crippen LogP contribution in [0.2, 0.25) is 0 Å². The molecule has 1 aromatic rings. The molecule has 20 heavy (non-hydrogen) atoms. The van der Waals surface area contributed by atoms with Gasteiger partial charge in [0.2, 0.25) is 0 Å². The van der Waals surface area contributed by atoms with Gasteiger partial charge < -0.3 is 15.2 Å². The van der Waals surface area contributed by atoms with Gasteiger partial charge >= 0.3 is 0 Å². The number of carbonyl (C=O) groups excluding carboxylic acids is 1. The summed E-state index contributed by atoms with van der Waals surface area (Å²) in [5, 5.41) is 0. The minimum absolute atomic E-state index is 0.134. The van der Waals surface area contributed by atoms with Crippen molar-refractivity contribution in [3.63, 3.8) is 0 Å². The van der Waals surface area contributed by atoms with Gasteiger partial charge in [-0.2, -0.15) is 0 Å². The van der Waals surface area contributed by atoms with Crippen molar-refractivity contribution in [2.24, 2.45) is 5.73 Å². The molecule has 0 spiro atoms. The molecule has 0 aliphatic carbocycles. The van der Waals surface area contributed by atoms with E-state index in [-0.39, 0.29) is 18.6 Å². The lowest BCUT2D eigenvalue weighted by atomic mass is 10.2. The molecule has 0 fully saturated rings. The zero-order valence-electron chi connectivity index (χ0n) is 11.9. The lowest BCUT2D eigenvalue weighted by Gasteiger charge is -2.08. The first-order valence-corrected chi connectivity index (χ1v) is 6.14. The van der Waals surface area contributed by atoms with Crippen LogP contribution in [0.3, 0.4) is 0 Å². The Morgan fingerprint density at radius 1 is 1.35 bits per heavy atom. The van der Waals surface area contributed by atoms with Gasteiger partial charge in [-0.15, -0.1) is 0 Å². The molecule has 0 radical (unpaired) electrons. The Hall–Kier alpha value is -2.05. The summed E-state index contributed by atoms with van der Waals surface area (Å²) in [5.41, 5.74) is 8.57. The van der Waals surface area contributed by atoms with Crippen LogP contribution in [-0.4, -0.2) is 32.8 Å². The van der Waals surface area contributed by atoms with E-state index in [2.05, 4.69) is 5.48 Å². The molecule has 1 unspecified atom stereocenters. The normalized spacial score (nSPS) is 12.2. The molecule has 0 aliphatic heterocycles. The maximum atomic E-state index is 11.5. The van der Waals surface area contributed by atoms with Crippen LogP contribution in [-0.2, 0) is 9.63 Å². The Morgan fingerprint density at radius 2 is 2.05 bits per heavy atom. The number of hydrogen-bond acceptors (Lipinski definition) is 5. The number of nitrogens with one attached hydrogen (secondary N) is 1. The van der Waals surface area contributed by atoms with Crippen LogP contribution in [0.15, 0.2) is 24.3 Å². The van der Waals surface area contributed by atoms with E-state index in [0.717, 1.165) is 5.56 Å². The molecule has 0 aromatic heterocycles. The molecule has 1 amide bonds. The Kier molecular flexibility index (Phi) is 6.55. The topological polar surface area (TPSA) is 82.8 Å². The van der Waals surface area contributed by atoms with Gasteiger partial charge in [0.25, 0.3) is 5.91 Å². The quantitative estimate of drug-likeness (QED) is 0.577. The SMILES string of the molecule is COc1ccc(C=CC(=O)NOCC(C)N)cc1OC. The number of amides is 1. The minimum Gasteiger partial charge on any atom is -0.493 e. The van der Waals surface area contributed by atoms with Crippen molar-refractivity contribution in [1.29, 1.82) is 0 Å². The number of benzene rings is 1. The maximum absolute atomic E-state index is 11.5. The van der Waals surface area contributed by atoms with Crippen LogP contribution in [0.4, 0.5) is 0 Å². The van der Waals surface area contributed by atoms with E-state index in [4.69, 9.17) is 20.0 Å². The number of rotatable bonds is 7. The fraction of sp³-hybridized carbons (Fsp3) is 0.357. The van der Waals surface area contributed by atoms with E-state index in [0.29, 0.717) is 11.5 Å². The van der Waals surface area contributed by atoms with E-state index in [1.165, 1.54) is 6.08 Å². The summed E-state index contributed by atoms with van der Waals surface area (Å²) in [4.78, 5) is 16.4. The van der Waals surface area contributed by atoms with Crippen molar-refractivity contribution in [2.75, 3.05) is 20.8 Å². The molecule has 1 aromatic carbocycles. The Morgan fingerprint density at radius 3 is 2.65 bits per heavy atom. The van der Waals surface area contributed by atoms with E-state index in [1.54, 1.807) is 39.4 Å². The third-order valence-electron chi connectivity index (χ3n) is 2.35. The lowest BCUT2D eigenvalue weighted by Crippen LogP contribution is -2.29. The molecule has 0 saturated carbocycles. The second-order valence-corrected chi connectivity index (χ2v) is 4.20. The molecule has 0 saturated heterocycles. The number of hydrogen-bond donors (Lipinski definition) is 2. The van der Waals surface area contributed by atoms with Crippen molar-refractivity contribution < 1.29 is 19.1 Å². The highest BCUT2D eigenvalue weighted by Crippen LogP contribution is 2.27. The molecule has 0 aliphatic rings. The van der Waals surface area contributed by atoms with Gasteiger partial charge in [0.1, 0.15) is 0 Å². The smallest absolute Gasteiger partial charge is 0.267 e. The molecule has 1 atom stereocenters. The predicted molar refractivity (Wildman–Crippen MR) is 76.3 cm³/mol. The highest BCUT2D eigenvalue weighted by atomic mass is 16.7. The largest absolute Gasteiger partial charge is 0.493 e. The van der Waals surface area contributed by atoms with Crippen molar-refractivity contribution in [3.05, 3.63) is 29.8 Å². The highest BCUT2D eigenvalue weighted by molar-refractivity contribution is 5.91. The van der Waals surface area contributed by atoms with Gasteiger partial charge in [-0.25, -0.2) is 5.48 Å².